The lowest BCUT2D eigenvalue weighted by atomic mass is 9.87. The third kappa shape index (κ3) is 5.03. The van der Waals surface area contributed by atoms with Gasteiger partial charge in [0.15, 0.2) is 0 Å². The minimum absolute atomic E-state index is 0.0238. The van der Waals surface area contributed by atoms with Crippen molar-refractivity contribution < 1.29 is 14.4 Å². The maximum atomic E-state index is 13.1. The molecule has 1 N–H and O–H groups in total. The van der Waals surface area contributed by atoms with E-state index in [2.05, 4.69) is 17.3 Å². The van der Waals surface area contributed by atoms with Crippen LogP contribution in [0.4, 0.5) is 16.2 Å². The Balaban J connectivity index is 1.43. The van der Waals surface area contributed by atoms with Gasteiger partial charge >= 0.3 is 6.03 Å². The van der Waals surface area contributed by atoms with E-state index < -0.39 is 5.92 Å². The van der Waals surface area contributed by atoms with E-state index >= 15 is 0 Å². The molecule has 1 unspecified atom stereocenters. The van der Waals surface area contributed by atoms with E-state index in [1.165, 1.54) is 0 Å². The molecule has 0 aromatic heterocycles. The number of allylic oxidation sites excluding steroid dienone is 3. The first-order valence-corrected chi connectivity index (χ1v) is 12.4. The van der Waals surface area contributed by atoms with Gasteiger partial charge in [-0.05, 0) is 48.5 Å². The van der Waals surface area contributed by atoms with Crippen molar-refractivity contribution >= 4 is 35.0 Å². The van der Waals surface area contributed by atoms with Gasteiger partial charge in [-0.3, -0.25) is 14.7 Å². The number of aliphatic imine (C=N–C) groups is 1. The third-order valence-electron chi connectivity index (χ3n) is 7.05. The number of likely N-dealkylation sites (N-methyl/N-ethyl adjacent to an activating group) is 1. The Bertz CT molecular complexity index is 1350. The fraction of sp³-hybridized carbons (Fsp3) is 0.276. The highest BCUT2D eigenvalue weighted by atomic mass is 16.2. The monoisotopic (exact) mass is 495 g/mol. The second kappa shape index (κ2) is 10.4. The lowest BCUT2D eigenvalue weighted by molar-refractivity contribution is -0.120. The topological polar surface area (TPSA) is 85.3 Å². The van der Waals surface area contributed by atoms with Gasteiger partial charge in [0, 0.05) is 56.6 Å². The van der Waals surface area contributed by atoms with Crippen molar-refractivity contribution in [1.29, 1.82) is 0 Å². The normalized spacial score (nSPS) is 20.0. The lowest BCUT2D eigenvalue weighted by Crippen LogP contribution is -2.51. The van der Waals surface area contributed by atoms with E-state index in [4.69, 9.17) is 4.99 Å². The molecule has 8 heteroatoms. The zero-order chi connectivity index (χ0) is 25.9. The number of carbonyl (C=O) groups excluding carboxylic acids is 3. The summed E-state index contributed by atoms with van der Waals surface area (Å²) in [4.78, 5) is 47.9. The second-order valence-corrected chi connectivity index (χ2v) is 9.50. The predicted molar refractivity (Wildman–Crippen MR) is 144 cm³/mol. The second-order valence-electron chi connectivity index (χ2n) is 9.50. The van der Waals surface area contributed by atoms with Crippen LogP contribution in [0.1, 0.15) is 12.0 Å². The number of nitrogens with zero attached hydrogens (tertiary/aromatic N) is 4. The van der Waals surface area contributed by atoms with Gasteiger partial charge in [-0.2, -0.15) is 0 Å². The number of hydrogen-bond donors (Lipinski definition) is 1. The number of urea groups is 1. The average Bonchev–Trinajstić information content (AvgIpc) is 3.26. The fourth-order valence-corrected chi connectivity index (χ4v) is 4.85. The van der Waals surface area contributed by atoms with E-state index in [1.54, 1.807) is 18.0 Å². The first-order valence-electron chi connectivity index (χ1n) is 12.4. The first-order chi connectivity index (χ1) is 17.9. The molecule has 5 rings (SSSR count). The standard InChI is InChI=1S/C29H29N5O3/c1-32-14-16-34(17-15-32)29(37)33(2)23-11-9-22(10-12-23)30-27(21-6-4-3-5-7-21)26-24-13-8-20(19-35)18-25(24)31-28(26)36/h3-13,26H,14-18H2,1-2H3,(H,31,36). The van der Waals surface area contributed by atoms with Crippen LogP contribution in [0.15, 0.2) is 88.6 Å². The Hall–Kier alpha value is -4.26. The first kappa shape index (κ1) is 24.4. The number of amides is 3. The zero-order valence-electron chi connectivity index (χ0n) is 21.0. The molecule has 2 aromatic rings. The minimum atomic E-state index is -0.594. The van der Waals surface area contributed by atoms with Crippen molar-refractivity contribution in [2.75, 3.05) is 45.2 Å². The predicted octanol–water partition coefficient (Wildman–Crippen LogP) is 3.33. The van der Waals surface area contributed by atoms with Crippen molar-refractivity contribution in [1.82, 2.24) is 15.1 Å². The summed E-state index contributed by atoms with van der Waals surface area (Å²) in [7, 11) is 3.84. The van der Waals surface area contributed by atoms with Crippen LogP contribution in [0.2, 0.25) is 0 Å². The quantitative estimate of drug-likeness (QED) is 0.521. The molecule has 0 bridgehead atoms. The molecule has 1 aliphatic carbocycles. The van der Waals surface area contributed by atoms with Crippen LogP contribution in [0.25, 0.3) is 0 Å². The van der Waals surface area contributed by atoms with E-state index in [9.17, 15) is 14.4 Å². The summed E-state index contributed by atoms with van der Waals surface area (Å²) in [5, 5.41) is 2.93. The Morgan fingerprint density at radius 2 is 1.73 bits per heavy atom. The third-order valence-corrected chi connectivity index (χ3v) is 7.05. The van der Waals surface area contributed by atoms with Crippen LogP contribution in [0.5, 0.6) is 0 Å². The van der Waals surface area contributed by atoms with E-state index in [0.29, 0.717) is 36.5 Å². The molecular weight excluding hydrogens is 466 g/mol. The molecule has 0 saturated carbocycles. The molecule has 3 aliphatic rings. The van der Waals surface area contributed by atoms with Gasteiger partial charge in [0.2, 0.25) is 5.91 Å². The average molecular weight is 496 g/mol. The lowest BCUT2D eigenvalue weighted by Gasteiger charge is -2.35. The highest BCUT2D eigenvalue weighted by molar-refractivity contribution is 6.18. The summed E-state index contributed by atoms with van der Waals surface area (Å²) in [6.07, 6.45) is 3.87. The number of benzene rings is 2. The van der Waals surface area contributed by atoms with Crippen molar-refractivity contribution in [2.45, 2.75) is 6.42 Å². The van der Waals surface area contributed by atoms with Crippen molar-refractivity contribution in [3.8, 4) is 0 Å². The van der Waals surface area contributed by atoms with Crippen molar-refractivity contribution in [3.63, 3.8) is 0 Å². The minimum Gasteiger partial charge on any atom is -0.328 e. The molecule has 2 heterocycles. The maximum absolute atomic E-state index is 13.1. The van der Waals surface area contributed by atoms with Crippen LogP contribution >= 0.6 is 0 Å². The number of carbonyl (C=O) groups is 2. The molecular formula is C29H29N5O3. The van der Waals surface area contributed by atoms with E-state index in [1.807, 2.05) is 71.5 Å². The molecule has 0 spiro atoms. The highest BCUT2D eigenvalue weighted by Crippen LogP contribution is 2.34. The summed E-state index contributed by atoms with van der Waals surface area (Å²) >= 11 is 0. The van der Waals surface area contributed by atoms with Gasteiger partial charge in [0.05, 0.1) is 11.4 Å². The Morgan fingerprint density at radius 3 is 2.41 bits per heavy atom. The molecule has 37 heavy (non-hydrogen) atoms. The number of nitrogens with one attached hydrogen (secondary N) is 1. The summed E-state index contributed by atoms with van der Waals surface area (Å²) in [5.74, 6) is 1.16. The summed E-state index contributed by atoms with van der Waals surface area (Å²) in [6, 6.07) is 17.1. The fourth-order valence-electron chi connectivity index (χ4n) is 4.85. The molecule has 188 valence electrons. The number of rotatable bonds is 4. The van der Waals surface area contributed by atoms with Gasteiger partial charge in [0.1, 0.15) is 11.9 Å². The number of anilines is 1. The smallest absolute Gasteiger partial charge is 0.324 e. The van der Waals surface area contributed by atoms with Crippen LogP contribution < -0.4 is 10.2 Å². The Labute approximate surface area is 216 Å². The Morgan fingerprint density at radius 1 is 1.03 bits per heavy atom. The van der Waals surface area contributed by atoms with Crippen LogP contribution in [0, 0.1) is 5.92 Å². The highest BCUT2D eigenvalue weighted by Gasteiger charge is 2.37. The molecule has 0 radical (unpaired) electrons. The van der Waals surface area contributed by atoms with Crippen LogP contribution in [0.3, 0.4) is 0 Å². The number of hydrogen-bond acceptors (Lipinski definition) is 5. The molecule has 1 saturated heterocycles. The van der Waals surface area contributed by atoms with Crippen LogP contribution in [-0.4, -0.2) is 73.7 Å². The van der Waals surface area contributed by atoms with Gasteiger partial charge in [-0.1, -0.05) is 36.4 Å². The summed E-state index contributed by atoms with van der Waals surface area (Å²) < 4.78 is 0. The summed E-state index contributed by atoms with van der Waals surface area (Å²) in [5.41, 5.74) is 4.96. The van der Waals surface area contributed by atoms with Crippen LogP contribution in [-0.2, 0) is 9.59 Å². The van der Waals surface area contributed by atoms with E-state index in [-0.39, 0.29) is 11.9 Å². The number of piperazine rings is 1. The van der Waals surface area contributed by atoms with Gasteiger partial charge in [-0.25, -0.2) is 9.59 Å². The molecule has 3 amide bonds. The molecule has 8 nitrogen and oxygen atoms in total. The molecule has 2 aliphatic heterocycles. The van der Waals surface area contributed by atoms with Gasteiger partial charge in [-0.15, -0.1) is 0 Å². The summed E-state index contributed by atoms with van der Waals surface area (Å²) in [6.45, 7) is 3.15. The molecule has 1 atom stereocenters. The van der Waals surface area contributed by atoms with Gasteiger partial charge in [0.25, 0.3) is 0 Å². The zero-order valence-corrected chi connectivity index (χ0v) is 21.0. The van der Waals surface area contributed by atoms with Crippen molar-refractivity contribution in [2.24, 2.45) is 10.9 Å². The molecule has 1 fully saturated rings. The molecule has 2 aromatic carbocycles. The van der Waals surface area contributed by atoms with Gasteiger partial charge < -0.3 is 15.1 Å². The van der Waals surface area contributed by atoms with Crippen molar-refractivity contribution in [3.05, 3.63) is 89.2 Å². The SMILES string of the molecule is CN1CCN(C(=O)N(C)c2ccc(N=C(c3ccccc3)C3C(=O)NC4=C3C=CC(=C=O)C4)cc2)CC1. The maximum Gasteiger partial charge on any atom is 0.324 e. The Kier molecular flexibility index (Phi) is 6.86. The van der Waals surface area contributed by atoms with E-state index in [0.717, 1.165) is 35.6 Å². The largest absolute Gasteiger partial charge is 0.328 e.